The van der Waals surface area contributed by atoms with Gasteiger partial charge in [-0.05, 0) is 46.1 Å². The van der Waals surface area contributed by atoms with Crippen molar-refractivity contribution >= 4 is 33.0 Å². The summed E-state index contributed by atoms with van der Waals surface area (Å²) in [7, 11) is 1.43. The molecule has 5 nitrogen and oxygen atoms in total. The number of rotatable bonds is 7. The van der Waals surface area contributed by atoms with Gasteiger partial charge in [0.2, 0.25) is 0 Å². The number of methoxy groups -OCH3 is 1. The van der Waals surface area contributed by atoms with Crippen molar-refractivity contribution in [1.29, 1.82) is 0 Å². The highest BCUT2D eigenvalue weighted by Gasteiger charge is 2.14. The summed E-state index contributed by atoms with van der Waals surface area (Å²) < 4.78 is 6.11. The van der Waals surface area contributed by atoms with Crippen LogP contribution in [-0.4, -0.2) is 18.6 Å². The fourth-order valence-corrected chi connectivity index (χ4v) is 3.40. The van der Waals surface area contributed by atoms with Crippen LogP contribution >= 0.6 is 27.3 Å². The monoisotopic (exact) mass is 370 g/mol. The number of benzene rings is 1. The van der Waals surface area contributed by atoms with Crippen molar-refractivity contribution < 1.29 is 9.66 Å². The number of nitrogens with zero attached hydrogens (tertiary/aromatic N) is 1. The molecule has 1 aromatic heterocycles. The quantitative estimate of drug-likeness (QED) is 0.457. The molecule has 0 aliphatic rings. The summed E-state index contributed by atoms with van der Waals surface area (Å²) >= 11 is 5.15. The number of thiophene rings is 1. The van der Waals surface area contributed by atoms with Gasteiger partial charge in [-0.3, -0.25) is 10.1 Å². The van der Waals surface area contributed by atoms with E-state index in [2.05, 4.69) is 27.3 Å². The van der Waals surface area contributed by atoms with E-state index in [4.69, 9.17) is 4.74 Å². The van der Waals surface area contributed by atoms with E-state index in [-0.39, 0.29) is 11.4 Å². The van der Waals surface area contributed by atoms with Crippen molar-refractivity contribution in [1.82, 2.24) is 5.32 Å². The van der Waals surface area contributed by atoms with Crippen molar-refractivity contribution in [2.24, 2.45) is 0 Å². The molecule has 0 saturated carbocycles. The first kappa shape index (κ1) is 15.9. The lowest BCUT2D eigenvalue weighted by atomic mass is 10.2. The van der Waals surface area contributed by atoms with E-state index in [9.17, 15) is 10.1 Å². The van der Waals surface area contributed by atoms with Crippen LogP contribution in [-0.2, 0) is 13.0 Å². The van der Waals surface area contributed by atoms with E-state index in [0.717, 1.165) is 22.3 Å². The third kappa shape index (κ3) is 4.52. The number of nitro groups is 1. The van der Waals surface area contributed by atoms with Crippen LogP contribution in [0.15, 0.2) is 34.1 Å². The summed E-state index contributed by atoms with van der Waals surface area (Å²) in [6, 6.07) is 9.14. The zero-order valence-electron chi connectivity index (χ0n) is 11.5. The molecule has 1 heterocycles. The zero-order chi connectivity index (χ0) is 15.2. The summed E-state index contributed by atoms with van der Waals surface area (Å²) in [6.07, 6.45) is 0.939. The Hall–Kier alpha value is -1.44. The third-order valence-corrected chi connectivity index (χ3v) is 4.63. The highest BCUT2D eigenvalue weighted by molar-refractivity contribution is 9.11. The van der Waals surface area contributed by atoms with Gasteiger partial charge in [0.15, 0.2) is 5.75 Å². The van der Waals surface area contributed by atoms with Gasteiger partial charge >= 0.3 is 5.69 Å². The number of hydrogen-bond acceptors (Lipinski definition) is 5. The minimum atomic E-state index is -0.425. The predicted octanol–water partition coefficient (Wildman–Crippen LogP) is 3.76. The van der Waals surface area contributed by atoms with Gasteiger partial charge in [0.05, 0.1) is 15.8 Å². The van der Waals surface area contributed by atoms with Crippen LogP contribution in [0.2, 0.25) is 0 Å². The molecule has 2 aromatic rings. The average molecular weight is 371 g/mol. The summed E-state index contributed by atoms with van der Waals surface area (Å²) in [5.74, 6) is 0.284. The molecule has 0 spiro atoms. The van der Waals surface area contributed by atoms with Crippen molar-refractivity contribution in [3.05, 3.63) is 54.7 Å². The molecule has 1 aromatic carbocycles. The number of halogens is 1. The summed E-state index contributed by atoms with van der Waals surface area (Å²) in [6.45, 7) is 1.42. The van der Waals surface area contributed by atoms with Gasteiger partial charge in [0.25, 0.3) is 0 Å². The van der Waals surface area contributed by atoms with E-state index in [1.54, 1.807) is 23.5 Å². The van der Waals surface area contributed by atoms with E-state index < -0.39 is 4.92 Å². The van der Waals surface area contributed by atoms with Crippen molar-refractivity contribution in [3.63, 3.8) is 0 Å². The number of nitrogens with one attached hydrogen (secondary N) is 1. The van der Waals surface area contributed by atoms with Gasteiger partial charge in [-0.15, -0.1) is 11.3 Å². The second-order valence-corrected chi connectivity index (χ2v) is 6.94. The van der Waals surface area contributed by atoms with Crippen LogP contribution in [0, 0.1) is 10.1 Å². The first-order chi connectivity index (χ1) is 10.1. The van der Waals surface area contributed by atoms with Gasteiger partial charge in [0, 0.05) is 24.0 Å². The molecule has 0 bridgehead atoms. The van der Waals surface area contributed by atoms with Crippen molar-refractivity contribution in [2.75, 3.05) is 13.7 Å². The van der Waals surface area contributed by atoms with Crippen LogP contribution in [0.3, 0.4) is 0 Å². The maximum atomic E-state index is 11.0. The summed E-state index contributed by atoms with van der Waals surface area (Å²) in [5.41, 5.74) is 0.869. The Morgan fingerprint density at radius 3 is 2.81 bits per heavy atom. The molecule has 0 fully saturated rings. The van der Waals surface area contributed by atoms with Crippen LogP contribution in [0.1, 0.15) is 10.4 Å². The highest BCUT2D eigenvalue weighted by Crippen LogP contribution is 2.27. The Morgan fingerprint density at radius 2 is 2.19 bits per heavy atom. The second kappa shape index (κ2) is 7.53. The smallest absolute Gasteiger partial charge is 0.311 e. The molecule has 0 aliphatic heterocycles. The Morgan fingerprint density at radius 1 is 1.38 bits per heavy atom. The molecule has 0 amide bonds. The Balaban J connectivity index is 1.88. The Labute approximate surface area is 135 Å². The van der Waals surface area contributed by atoms with E-state index >= 15 is 0 Å². The first-order valence-corrected chi connectivity index (χ1v) is 7.97. The maximum absolute atomic E-state index is 11.0. The molecule has 0 unspecified atom stereocenters. The molecule has 0 aliphatic carbocycles. The standard InChI is InChI=1S/C14H15BrN2O3S/c1-20-13-4-2-10(8-12(13)17(18)19)9-16-7-6-11-3-5-14(15)21-11/h2-5,8,16H,6-7,9H2,1H3. The van der Waals surface area contributed by atoms with E-state index in [0.29, 0.717) is 6.54 Å². The van der Waals surface area contributed by atoms with Gasteiger partial charge in [-0.25, -0.2) is 0 Å². The zero-order valence-corrected chi connectivity index (χ0v) is 13.9. The molecule has 0 saturated heterocycles. The fraction of sp³-hybridized carbons (Fsp3) is 0.286. The Kier molecular flexibility index (Phi) is 5.72. The van der Waals surface area contributed by atoms with Crippen LogP contribution < -0.4 is 10.1 Å². The predicted molar refractivity (Wildman–Crippen MR) is 87.1 cm³/mol. The lowest BCUT2D eigenvalue weighted by Crippen LogP contribution is -2.16. The lowest BCUT2D eigenvalue weighted by Gasteiger charge is -2.06. The van der Waals surface area contributed by atoms with Crippen LogP contribution in [0.25, 0.3) is 0 Å². The molecule has 21 heavy (non-hydrogen) atoms. The average Bonchev–Trinajstić information content (AvgIpc) is 2.89. The molecule has 1 N–H and O–H groups in total. The van der Waals surface area contributed by atoms with Crippen LogP contribution in [0.5, 0.6) is 5.75 Å². The highest BCUT2D eigenvalue weighted by atomic mass is 79.9. The Bertz CT molecular complexity index is 630. The second-order valence-electron chi connectivity index (χ2n) is 4.40. The molecule has 7 heteroatoms. The molecular formula is C14H15BrN2O3S. The largest absolute Gasteiger partial charge is 0.490 e. The topological polar surface area (TPSA) is 64.4 Å². The number of ether oxygens (including phenoxy) is 1. The van der Waals surface area contributed by atoms with Gasteiger partial charge in [-0.1, -0.05) is 6.07 Å². The van der Waals surface area contributed by atoms with Gasteiger partial charge in [-0.2, -0.15) is 0 Å². The minimum absolute atomic E-state index is 0.000938. The minimum Gasteiger partial charge on any atom is -0.490 e. The molecular weight excluding hydrogens is 356 g/mol. The van der Waals surface area contributed by atoms with Crippen molar-refractivity contribution in [2.45, 2.75) is 13.0 Å². The summed E-state index contributed by atoms with van der Waals surface area (Å²) in [4.78, 5) is 11.8. The number of hydrogen-bond donors (Lipinski definition) is 1. The van der Waals surface area contributed by atoms with Gasteiger partial charge < -0.3 is 10.1 Å². The SMILES string of the molecule is COc1ccc(CNCCc2ccc(Br)s2)cc1[N+](=O)[O-]. The summed E-state index contributed by atoms with van der Waals surface area (Å²) in [5, 5.41) is 14.2. The van der Waals surface area contributed by atoms with Crippen LogP contribution in [0.4, 0.5) is 5.69 Å². The molecule has 112 valence electrons. The van der Waals surface area contributed by atoms with E-state index in [1.807, 2.05) is 12.1 Å². The van der Waals surface area contributed by atoms with Crippen molar-refractivity contribution in [3.8, 4) is 5.75 Å². The fourth-order valence-electron chi connectivity index (χ4n) is 1.92. The number of nitro benzene ring substituents is 1. The molecule has 0 radical (unpaired) electrons. The first-order valence-electron chi connectivity index (χ1n) is 6.36. The van der Waals surface area contributed by atoms with E-state index in [1.165, 1.54) is 12.0 Å². The third-order valence-electron chi connectivity index (χ3n) is 2.95. The van der Waals surface area contributed by atoms with Gasteiger partial charge in [0.1, 0.15) is 0 Å². The maximum Gasteiger partial charge on any atom is 0.311 e. The molecule has 0 atom stereocenters. The normalized spacial score (nSPS) is 10.6. The molecule has 2 rings (SSSR count). The lowest BCUT2D eigenvalue weighted by molar-refractivity contribution is -0.385.